The fourth-order valence-electron chi connectivity index (χ4n) is 2.17. The third kappa shape index (κ3) is 5.10. The van der Waals surface area contributed by atoms with Crippen molar-refractivity contribution in [1.82, 2.24) is 4.72 Å². The molecular formula is C16H23NO2S. The van der Waals surface area contributed by atoms with Gasteiger partial charge in [-0.25, -0.2) is 8.93 Å². The molecule has 1 aliphatic rings. The maximum atomic E-state index is 12.1. The van der Waals surface area contributed by atoms with Crippen molar-refractivity contribution < 1.29 is 8.95 Å². The molecule has 0 radical (unpaired) electrons. The summed E-state index contributed by atoms with van der Waals surface area (Å²) in [7, 11) is -0.994. The van der Waals surface area contributed by atoms with Crippen molar-refractivity contribution >= 4 is 11.0 Å². The number of nitrogens with one attached hydrogen (secondary N) is 1. The molecule has 4 heteroatoms. The summed E-state index contributed by atoms with van der Waals surface area (Å²) in [4.78, 5) is 0. The topological polar surface area (TPSA) is 38.3 Å². The molecule has 0 saturated carbocycles. The van der Waals surface area contributed by atoms with E-state index in [1.54, 1.807) is 6.26 Å². The summed E-state index contributed by atoms with van der Waals surface area (Å²) in [6, 6.07) is 10.3. The van der Waals surface area contributed by atoms with Crippen LogP contribution in [0.1, 0.15) is 31.7 Å². The van der Waals surface area contributed by atoms with Crippen LogP contribution in [0.4, 0.5) is 0 Å². The molecule has 20 heavy (non-hydrogen) atoms. The van der Waals surface area contributed by atoms with Gasteiger partial charge in [-0.3, -0.25) is 0 Å². The maximum absolute atomic E-state index is 12.1. The van der Waals surface area contributed by atoms with Crippen LogP contribution in [0.5, 0.6) is 0 Å². The Hall–Kier alpha value is -1.13. The molecule has 1 aromatic carbocycles. The van der Waals surface area contributed by atoms with E-state index >= 15 is 0 Å². The van der Waals surface area contributed by atoms with E-state index in [1.807, 2.05) is 31.2 Å². The highest BCUT2D eigenvalue weighted by Crippen LogP contribution is 2.11. The number of benzene rings is 1. The summed E-state index contributed by atoms with van der Waals surface area (Å²) >= 11 is 0. The highest BCUT2D eigenvalue weighted by molar-refractivity contribution is 7.83. The van der Waals surface area contributed by atoms with Gasteiger partial charge in [0.2, 0.25) is 0 Å². The number of allylic oxidation sites excluding steroid dienone is 1. The van der Waals surface area contributed by atoms with Gasteiger partial charge in [0.25, 0.3) is 0 Å². The van der Waals surface area contributed by atoms with Crippen LogP contribution in [-0.2, 0) is 22.1 Å². The minimum Gasteiger partial charge on any atom is -0.497 e. The van der Waals surface area contributed by atoms with Crippen molar-refractivity contribution in [2.45, 2.75) is 44.0 Å². The Morgan fingerprint density at radius 1 is 1.40 bits per heavy atom. The summed E-state index contributed by atoms with van der Waals surface area (Å²) < 4.78 is 20.7. The zero-order chi connectivity index (χ0) is 14.2. The van der Waals surface area contributed by atoms with Crippen LogP contribution in [0.3, 0.4) is 0 Å². The quantitative estimate of drug-likeness (QED) is 0.839. The smallest absolute Gasteiger partial charge is 0.111 e. The third-order valence-corrected chi connectivity index (χ3v) is 4.94. The number of hydrogen-bond donors (Lipinski definition) is 1. The molecule has 1 N–H and O–H groups in total. The average Bonchev–Trinajstić information content (AvgIpc) is 2.52. The molecule has 0 spiro atoms. The van der Waals surface area contributed by atoms with Crippen LogP contribution in [0.25, 0.3) is 0 Å². The van der Waals surface area contributed by atoms with Crippen molar-refractivity contribution in [1.29, 1.82) is 0 Å². The molecule has 0 bridgehead atoms. The second kappa shape index (κ2) is 8.22. The Bertz CT molecular complexity index is 447. The fourth-order valence-corrected chi connectivity index (χ4v) is 3.14. The molecule has 0 amide bonds. The summed E-state index contributed by atoms with van der Waals surface area (Å²) in [6.45, 7) is 2.69. The van der Waals surface area contributed by atoms with Crippen molar-refractivity contribution in [2.75, 3.05) is 6.54 Å². The first kappa shape index (κ1) is 15.3. The second-order valence-electron chi connectivity index (χ2n) is 5.19. The Kier molecular flexibility index (Phi) is 6.27. The van der Waals surface area contributed by atoms with Gasteiger partial charge in [-0.15, -0.1) is 0 Å². The van der Waals surface area contributed by atoms with Crippen molar-refractivity contribution in [3.8, 4) is 0 Å². The van der Waals surface area contributed by atoms with Gasteiger partial charge in [-0.2, -0.15) is 0 Å². The first-order chi connectivity index (χ1) is 9.75. The van der Waals surface area contributed by atoms with Gasteiger partial charge < -0.3 is 4.74 Å². The third-order valence-electron chi connectivity index (χ3n) is 3.52. The SMILES string of the molecule is CC(CCc1ccccc1)S(=O)NC[C@@H]1CCC=CO1. The highest BCUT2D eigenvalue weighted by atomic mass is 32.2. The normalized spacial score (nSPS) is 21.1. The van der Waals surface area contributed by atoms with Crippen LogP contribution < -0.4 is 4.72 Å². The summed E-state index contributed by atoms with van der Waals surface area (Å²) in [5, 5.41) is 0.148. The van der Waals surface area contributed by atoms with Crippen LogP contribution in [0.2, 0.25) is 0 Å². The lowest BCUT2D eigenvalue weighted by Crippen LogP contribution is -2.34. The van der Waals surface area contributed by atoms with E-state index in [0.717, 1.165) is 25.7 Å². The first-order valence-corrected chi connectivity index (χ1v) is 8.45. The van der Waals surface area contributed by atoms with E-state index in [1.165, 1.54) is 5.56 Å². The van der Waals surface area contributed by atoms with Crippen molar-refractivity contribution in [3.63, 3.8) is 0 Å². The van der Waals surface area contributed by atoms with Gasteiger partial charge in [-0.1, -0.05) is 30.3 Å². The minimum absolute atomic E-state index is 0.148. The maximum Gasteiger partial charge on any atom is 0.111 e. The van der Waals surface area contributed by atoms with Gasteiger partial charge in [0, 0.05) is 11.8 Å². The monoisotopic (exact) mass is 293 g/mol. The Morgan fingerprint density at radius 2 is 2.20 bits per heavy atom. The lowest BCUT2D eigenvalue weighted by molar-refractivity contribution is 0.128. The van der Waals surface area contributed by atoms with Crippen LogP contribution in [-0.4, -0.2) is 22.1 Å². The van der Waals surface area contributed by atoms with Gasteiger partial charge in [0.1, 0.15) is 6.10 Å². The van der Waals surface area contributed by atoms with Crippen LogP contribution in [0.15, 0.2) is 42.7 Å². The zero-order valence-electron chi connectivity index (χ0n) is 12.0. The Morgan fingerprint density at radius 3 is 2.90 bits per heavy atom. The molecule has 110 valence electrons. The van der Waals surface area contributed by atoms with Gasteiger partial charge in [-0.05, 0) is 44.2 Å². The predicted octanol–water partition coefficient (Wildman–Crippen LogP) is 2.95. The predicted molar refractivity (Wildman–Crippen MR) is 83.6 cm³/mol. The van der Waals surface area contributed by atoms with Crippen molar-refractivity contribution in [3.05, 3.63) is 48.2 Å². The highest BCUT2D eigenvalue weighted by Gasteiger charge is 2.15. The molecule has 0 saturated heterocycles. The Balaban J connectivity index is 1.67. The average molecular weight is 293 g/mol. The van der Waals surface area contributed by atoms with Crippen LogP contribution >= 0.6 is 0 Å². The van der Waals surface area contributed by atoms with Gasteiger partial charge >= 0.3 is 0 Å². The molecule has 2 rings (SSSR count). The molecular weight excluding hydrogens is 270 g/mol. The molecule has 1 heterocycles. The molecule has 1 aliphatic heterocycles. The zero-order valence-corrected chi connectivity index (χ0v) is 12.8. The number of hydrogen-bond acceptors (Lipinski definition) is 2. The lowest BCUT2D eigenvalue weighted by Gasteiger charge is -2.20. The van der Waals surface area contributed by atoms with E-state index in [2.05, 4.69) is 16.9 Å². The molecule has 0 fully saturated rings. The Labute approximate surface area is 124 Å². The number of ether oxygens (including phenoxy) is 1. The van der Waals surface area contributed by atoms with Gasteiger partial charge in [0.15, 0.2) is 0 Å². The lowest BCUT2D eigenvalue weighted by atomic mass is 10.1. The standard InChI is InChI=1S/C16H23NO2S/c1-14(10-11-15-7-3-2-4-8-15)20(18)17-13-16-9-5-6-12-19-16/h2-4,6-8,12,14,16-17H,5,9-11,13H2,1H3/t14?,16-,20?/m0/s1. The van der Waals surface area contributed by atoms with E-state index < -0.39 is 11.0 Å². The van der Waals surface area contributed by atoms with E-state index in [-0.39, 0.29) is 11.4 Å². The molecule has 3 atom stereocenters. The molecule has 0 aliphatic carbocycles. The number of aryl methyl sites for hydroxylation is 1. The van der Waals surface area contributed by atoms with E-state index in [0.29, 0.717) is 6.54 Å². The molecule has 3 nitrogen and oxygen atoms in total. The molecule has 0 aromatic heterocycles. The largest absolute Gasteiger partial charge is 0.497 e. The van der Waals surface area contributed by atoms with Gasteiger partial charge in [0.05, 0.1) is 17.2 Å². The molecule has 2 unspecified atom stereocenters. The summed E-state index contributed by atoms with van der Waals surface area (Å²) in [5.74, 6) is 0. The van der Waals surface area contributed by atoms with Crippen molar-refractivity contribution in [2.24, 2.45) is 0 Å². The van der Waals surface area contributed by atoms with E-state index in [9.17, 15) is 4.21 Å². The summed E-state index contributed by atoms with van der Waals surface area (Å²) in [5.41, 5.74) is 1.30. The minimum atomic E-state index is -0.994. The second-order valence-corrected chi connectivity index (χ2v) is 6.88. The number of rotatable bonds is 7. The molecule has 1 aromatic rings. The van der Waals surface area contributed by atoms with Crippen LogP contribution in [0, 0.1) is 0 Å². The fraction of sp³-hybridized carbons (Fsp3) is 0.500. The summed E-state index contributed by atoms with van der Waals surface area (Å²) in [6.07, 6.45) is 7.87. The first-order valence-electron chi connectivity index (χ1n) is 7.24. The van der Waals surface area contributed by atoms with E-state index in [4.69, 9.17) is 4.74 Å².